The van der Waals surface area contributed by atoms with Crippen molar-refractivity contribution >= 4 is 11.0 Å². The maximum atomic E-state index is 5.46. The molecule has 0 atom stereocenters. The largest absolute Gasteiger partial charge is 0.494 e. The van der Waals surface area contributed by atoms with E-state index < -0.39 is 0 Å². The van der Waals surface area contributed by atoms with E-state index in [-0.39, 0.29) is 0 Å². The van der Waals surface area contributed by atoms with Crippen LogP contribution in [-0.4, -0.2) is 31.3 Å². The molecule has 0 unspecified atom stereocenters. The van der Waals surface area contributed by atoms with Crippen molar-refractivity contribution < 1.29 is 14.2 Å². The van der Waals surface area contributed by atoms with Crippen molar-refractivity contribution in [1.29, 1.82) is 0 Å². The van der Waals surface area contributed by atoms with Gasteiger partial charge in [-0.1, -0.05) is 0 Å². The molecule has 19 heavy (non-hydrogen) atoms. The van der Waals surface area contributed by atoms with Gasteiger partial charge in [0.05, 0.1) is 32.7 Å². The first-order valence-electron chi connectivity index (χ1n) is 5.98. The number of benzene rings is 1. The zero-order valence-corrected chi connectivity index (χ0v) is 12.1. The Morgan fingerprint density at radius 1 is 0.632 bits per heavy atom. The van der Waals surface area contributed by atoms with E-state index >= 15 is 0 Å². The van der Waals surface area contributed by atoms with Gasteiger partial charge in [-0.05, 0) is 20.8 Å². The average Bonchev–Trinajstić information content (AvgIpc) is 2.39. The number of aromatic nitrogens is 2. The molecule has 102 valence electrons. The van der Waals surface area contributed by atoms with Crippen molar-refractivity contribution in [3.05, 3.63) is 17.0 Å². The van der Waals surface area contributed by atoms with Gasteiger partial charge in [0.1, 0.15) is 11.0 Å². The molecule has 0 aliphatic heterocycles. The lowest BCUT2D eigenvalue weighted by Crippen LogP contribution is -2.03. The zero-order valence-electron chi connectivity index (χ0n) is 12.1. The molecule has 0 N–H and O–H groups in total. The van der Waals surface area contributed by atoms with Gasteiger partial charge in [0.25, 0.3) is 0 Å². The molecule has 0 fully saturated rings. The monoisotopic (exact) mass is 262 g/mol. The Hall–Kier alpha value is -2.04. The van der Waals surface area contributed by atoms with Crippen molar-refractivity contribution in [2.45, 2.75) is 20.8 Å². The first-order chi connectivity index (χ1) is 9.04. The number of hydrogen-bond donors (Lipinski definition) is 0. The summed E-state index contributed by atoms with van der Waals surface area (Å²) in [7, 11) is 4.81. The third kappa shape index (κ3) is 1.95. The summed E-state index contributed by atoms with van der Waals surface area (Å²) in [5.41, 5.74) is 3.94. The van der Waals surface area contributed by atoms with E-state index in [1.54, 1.807) is 21.3 Å². The standard InChI is InChI=1S/C14H18N2O3/c1-7-12(17-4)10-11(14(19-6)13(7)18-5)16-9(3)8(2)15-10/h1-6H3. The molecule has 2 rings (SSSR count). The minimum atomic E-state index is 0.589. The fourth-order valence-electron chi connectivity index (χ4n) is 2.16. The molecular weight excluding hydrogens is 244 g/mol. The Morgan fingerprint density at radius 3 is 1.47 bits per heavy atom. The quantitative estimate of drug-likeness (QED) is 0.851. The van der Waals surface area contributed by atoms with Crippen LogP contribution in [0, 0.1) is 20.8 Å². The maximum absolute atomic E-state index is 5.46. The van der Waals surface area contributed by atoms with Gasteiger partial charge in [-0.2, -0.15) is 0 Å². The number of hydrogen-bond acceptors (Lipinski definition) is 5. The second-order valence-corrected chi connectivity index (χ2v) is 4.32. The molecule has 2 aromatic rings. The first kappa shape index (κ1) is 13.4. The van der Waals surface area contributed by atoms with Gasteiger partial charge < -0.3 is 14.2 Å². The normalized spacial score (nSPS) is 10.6. The second-order valence-electron chi connectivity index (χ2n) is 4.32. The highest BCUT2D eigenvalue weighted by Gasteiger charge is 2.21. The Bertz CT molecular complexity index is 639. The Balaban J connectivity index is 3.00. The molecule has 0 aliphatic rings. The zero-order chi connectivity index (χ0) is 14.2. The summed E-state index contributed by atoms with van der Waals surface area (Å²) in [5, 5.41) is 0. The predicted molar refractivity (Wildman–Crippen MR) is 73.4 cm³/mol. The van der Waals surface area contributed by atoms with Crippen LogP contribution in [0.3, 0.4) is 0 Å². The van der Waals surface area contributed by atoms with Crippen LogP contribution < -0.4 is 14.2 Å². The third-order valence-electron chi connectivity index (χ3n) is 3.24. The Labute approximate surface area is 112 Å². The smallest absolute Gasteiger partial charge is 0.189 e. The SMILES string of the molecule is COc1c(C)c(OC)c2nc(C)c(C)nc2c1OC. The number of aryl methyl sites for hydroxylation is 2. The van der Waals surface area contributed by atoms with Crippen molar-refractivity contribution in [3.8, 4) is 17.2 Å². The minimum Gasteiger partial charge on any atom is -0.494 e. The van der Waals surface area contributed by atoms with E-state index in [2.05, 4.69) is 9.97 Å². The fraction of sp³-hybridized carbons (Fsp3) is 0.429. The van der Waals surface area contributed by atoms with Crippen LogP contribution in [0.2, 0.25) is 0 Å². The van der Waals surface area contributed by atoms with E-state index in [0.717, 1.165) is 17.0 Å². The Morgan fingerprint density at radius 2 is 1.05 bits per heavy atom. The molecule has 0 aliphatic carbocycles. The van der Waals surface area contributed by atoms with Crippen molar-refractivity contribution in [2.75, 3.05) is 21.3 Å². The summed E-state index contributed by atoms with van der Waals surface area (Å²) in [5.74, 6) is 1.89. The van der Waals surface area contributed by atoms with E-state index in [4.69, 9.17) is 14.2 Å². The summed E-state index contributed by atoms with van der Waals surface area (Å²) >= 11 is 0. The number of ether oxygens (including phenoxy) is 3. The number of methoxy groups -OCH3 is 3. The van der Waals surface area contributed by atoms with Gasteiger partial charge in [-0.3, -0.25) is 0 Å². The highest BCUT2D eigenvalue weighted by Crippen LogP contribution is 2.43. The minimum absolute atomic E-state index is 0.589. The molecule has 0 saturated heterocycles. The number of nitrogens with zero attached hydrogens (tertiary/aromatic N) is 2. The lowest BCUT2D eigenvalue weighted by atomic mass is 10.1. The molecule has 0 saturated carbocycles. The molecule has 1 aromatic carbocycles. The van der Waals surface area contributed by atoms with Crippen LogP contribution in [0.1, 0.15) is 17.0 Å². The highest BCUT2D eigenvalue weighted by atomic mass is 16.5. The fourth-order valence-corrected chi connectivity index (χ4v) is 2.16. The number of fused-ring (bicyclic) bond motifs is 1. The Kier molecular flexibility index (Phi) is 3.46. The van der Waals surface area contributed by atoms with Crippen molar-refractivity contribution in [2.24, 2.45) is 0 Å². The number of rotatable bonds is 3. The summed E-state index contributed by atoms with van der Waals surface area (Å²) in [6.07, 6.45) is 0. The van der Waals surface area contributed by atoms with E-state index in [9.17, 15) is 0 Å². The average molecular weight is 262 g/mol. The lowest BCUT2D eigenvalue weighted by Gasteiger charge is -2.17. The van der Waals surface area contributed by atoms with Crippen molar-refractivity contribution in [1.82, 2.24) is 9.97 Å². The van der Waals surface area contributed by atoms with Gasteiger partial charge >= 0.3 is 0 Å². The van der Waals surface area contributed by atoms with Crippen LogP contribution in [0.15, 0.2) is 0 Å². The molecule has 0 spiro atoms. The summed E-state index contributed by atoms with van der Waals surface area (Å²) in [6, 6.07) is 0. The highest BCUT2D eigenvalue weighted by molar-refractivity contribution is 5.91. The molecule has 0 bridgehead atoms. The van der Waals surface area contributed by atoms with Crippen LogP contribution in [-0.2, 0) is 0 Å². The van der Waals surface area contributed by atoms with Gasteiger partial charge in [-0.25, -0.2) is 9.97 Å². The molecule has 0 amide bonds. The van der Waals surface area contributed by atoms with Crippen LogP contribution >= 0.6 is 0 Å². The molecule has 5 heteroatoms. The molecule has 1 heterocycles. The van der Waals surface area contributed by atoms with Crippen LogP contribution in [0.5, 0.6) is 17.2 Å². The van der Waals surface area contributed by atoms with Crippen LogP contribution in [0.4, 0.5) is 0 Å². The van der Waals surface area contributed by atoms with E-state index in [1.165, 1.54) is 0 Å². The van der Waals surface area contributed by atoms with Crippen LogP contribution in [0.25, 0.3) is 11.0 Å². The second kappa shape index (κ2) is 4.91. The summed E-state index contributed by atoms with van der Waals surface area (Å²) in [4.78, 5) is 9.12. The third-order valence-corrected chi connectivity index (χ3v) is 3.24. The maximum Gasteiger partial charge on any atom is 0.189 e. The molecule has 0 radical (unpaired) electrons. The lowest BCUT2D eigenvalue weighted by molar-refractivity contribution is 0.349. The topological polar surface area (TPSA) is 53.5 Å². The van der Waals surface area contributed by atoms with E-state index in [1.807, 2.05) is 20.8 Å². The first-order valence-corrected chi connectivity index (χ1v) is 5.98. The van der Waals surface area contributed by atoms with Gasteiger partial charge in [0.2, 0.25) is 0 Å². The molecule has 5 nitrogen and oxygen atoms in total. The predicted octanol–water partition coefficient (Wildman–Crippen LogP) is 2.58. The molecule has 1 aromatic heterocycles. The van der Waals surface area contributed by atoms with Gasteiger partial charge in [0.15, 0.2) is 17.2 Å². The van der Waals surface area contributed by atoms with Crippen molar-refractivity contribution in [3.63, 3.8) is 0 Å². The summed E-state index contributed by atoms with van der Waals surface area (Å²) in [6.45, 7) is 5.75. The van der Waals surface area contributed by atoms with E-state index in [0.29, 0.717) is 28.3 Å². The molecular formula is C14H18N2O3. The summed E-state index contributed by atoms with van der Waals surface area (Å²) < 4.78 is 16.3. The van der Waals surface area contributed by atoms with Gasteiger partial charge in [0, 0.05) is 5.56 Å². The van der Waals surface area contributed by atoms with Gasteiger partial charge in [-0.15, -0.1) is 0 Å².